The van der Waals surface area contributed by atoms with Gasteiger partial charge in [-0.1, -0.05) is 18.2 Å². The van der Waals surface area contributed by atoms with Crippen LogP contribution < -0.4 is 10.1 Å². The number of hydrogen-bond acceptors (Lipinski definition) is 2. The van der Waals surface area contributed by atoms with Gasteiger partial charge in [-0.2, -0.15) is 0 Å². The summed E-state index contributed by atoms with van der Waals surface area (Å²) in [4.78, 5) is 6.81. The highest BCUT2D eigenvalue weighted by atomic mass is 16.5. The molecular formula is C16H25N3O. The molecule has 0 amide bonds. The van der Waals surface area contributed by atoms with Crippen molar-refractivity contribution in [2.24, 2.45) is 10.9 Å². The lowest BCUT2D eigenvalue weighted by atomic mass is 10.3. The van der Waals surface area contributed by atoms with E-state index in [-0.39, 0.29) is 0 Å². The second-order valence-corrected chi connectivity index (χ2v) is 5.22. The van der Waals surface area contributed by atoms with E-state index in [9.17, 15) is 0 Å². The number of likely N-dealkylation sites (N-methyl/N-ethyl adjacent to an activating group) is 1. The second kappa shape index (κ2) is 7.78. The van der Waals surface area contributed by atoms with Crippen LogP contribution in [-0.2, 0) is 0 Å². The maximum Gasteiger partial charge on any atom is 0.193 e. The standard InChI is InChI=1S/C16H25N3O/c1-3-17-16(18-13-14-9-10-14)19(2)11-12-20-15-7-5-4-6-8-15/h4-8,14H,3,9-13H2,1-2H3,(H,17,18). The van der Waals surface area contributed by atoms with Crippen LogP contribution >= 0.6 is 0 Å². The van der Waals surface area contributed by atoms with Crippen LogP contribution in [0.1, 0.15) is 19.8 Å². The molecule has 0 aromatic heterocycles. The smallest absolute Gasteiger partial charge is 0.193 e. The van der Waals surface area contributed by atoms with Gasteiger partial charge in [0.05, 0.1) is 6.54 Å². The highest BCUT2D eigenvalue weighted by molar-refractivity contribution is 5.79. The summed E-state index contributed by atoms with van der Waals surface area (Å²) in [6.45, 7) is 5.43. The van der Waals surface area contributed by atoms with Crippen molar-refractivity contribution in [2.75, 3.05) is 33.3 Å². The Kier molecular flexibility index (Phi) is 5.71. The van der Waals surface area contributed by atoms with Crippen LogP contribution in [0.15, 0.2) is 35.3 Å². The number of aliphatic imine (C=N–C) groups is 1. The molecule has 1 aliphatic carbocycles. The normalized spacial score (nSPS) is 15.0. The summed E-state index contributed by atoms with van der Waals surface area (Å²) in [5.41, 5.74) is 0. The number of ether oxygens (including phenoxy) is 1. The summed E-state index contributed by atoms with van der Waals surface area (Å²) in [5, 5.41) is 3.33. The number of nitrogens with zero attached hydrogens (tertiary/aromatic N) is 2. The van der Waals surface area contributed by atoms with E-state index in [1.165, 1.54) is 12.8 Å². The molecule has 1 saturated carbocycles. The quantitative estimate of drug-likeness (QED) is 0.613. The van der Waals surface area contributed by atoms with E-state index in [0.29, 0.717) is 6.61 Å². The molecule has 1 aliphatic rings. The molecule has 0 unspecified atom stereocenters. The molecule has 0 atom stereocenters. The summed E-state index contributed by atoms with van der Waals surface area (Å²) in [7, 11) is 2.06. The average Bonchev–Trinajstić information content (AvgIpc) is 3.28. The number of nitrogens with one attached hydrogen (secondary N) is 1. The molecule has 0 aliphatic heterocycles. The Hall–Kier alpha value is -1.71. The summed E-state index contributed by atoms with van der Waals surface area (Å²) in [6.07, 6.45) is 2.67. The number of guanidine groups is 1. The van der Waals surface area contributed by atoms with E-state index in [4.69, 9.17) is 4.74 Å². The van der Waals surface area contributed by atoms with Crippen LogP contribution in [0, 0.1) is 5.92 Å². The van der Waals surface area contributed by atoms with Crippen LogP contribution in [-0.4, -0.2) is 44.1 Å². The first-order valence-corrected chi connectivity index (χ1v) is 7.47. The number of para-hydroxylation sites is 1. The predicted molar refractivity (Wildman–Crippen MR) is 83.3 cm³/mol. The third-order valence-electron chi connectivity index (χ3n) is 3.33. The van der Waals surface area contributed by atoms with Crippen LogP contribution in [0.5, 0.6) is 5.75 Å². The van der Waals surface area contributed by atoms with Crippen LogP contribution in [0.3, 0.4) is 0 Å². The van der Waals surface area contributed by atoms with Gasteiger partial charge in [0.15, 0.2) is 5.96 Å². The van der Waals surface area contributed by atoms with Gasteiger partial charge in [-0.15, -0.1) is 0 Å². The summed E-state index contributed by atoms with van der Waals surface area (Å²) < 4.78 is 5.72. The van der Waals surface area contributed by atoms with Crippen molar-refractivity contribution in [1.82, 2.24) is 10.2 Å². The van der Waals surface area contributed by atoms with E-state index in [1.807, 2.05) is 30.3 Å². The molecule has 2 rings (SSSR count). The van der Waals surface area contributed by atoms with Crippen molar-refractivity contribution < 1.29 is 4.74 Å². The first-order valence-electron chi connectivity index (χ1n) is 7.47. The molecule has 110 valence electrons. The van der Waals surface area contributed by atoms with Crippen molar-refractivity contribution in [1.29, 1.82) is 0 Å². The van der Waals surface area contributed by atoms with E-state index in [1.54, 1.807) is 0 Å². The molecular weight excluding hydrogens is 250 g/mol. The molecule has 0 heterocycles. The highest BCUT2D eigenvalue weighted by Crippen LogP contribution is 2.28. The molecule has 0 spiro atoms. The number of hydrogen-bond donors (Lipinski definition) is 1. The molecule has 4 heteroatoms. The van der Waals surface area contributed by atoms with Crippen molar-refractivity contribution in [3.05, 3.63) is 30.3 Å². The molecule has 1 aromatic rings. The monoisotopic (exact) mass is 275 g/mol. The van der Waals surface area contributed by atoms with Gasteiger partial charge in [0, 0.05) is 20.1 Å². The Morgan fingerprint density at radius 2 is 2.10 bits per heavy atom. The first kappa shape index (κ1) is 14.7. The Balaban J connectivity index is 1.75. The molecule has 1 N–H and O–H groups in total. The Morgan fingerprint density at radius 3 is 2.75 bits per heavy atom. The Labute approximate surface area is 121 Å². The van der Waals surface area contributed by atoms with Crippen LogP contribution in [0.25, 0.3) is 0 Å². The highest BCUT2D eigenvalue weighted by Gasteiger charge is 2.21. The summed E-state index contributed by atoms with van der Waals surface area (Å²) in [5.74, 6) is 2.72. The topological polar surface area (TPSA) is 36.9 Å². The first-order chi connectivity index (χ1) is 9.79. The SMILES string of the molecule is CCNC(=NCC1CC1)N(C)CCOc1ccccc1. The third kappa shape index (κ3) is 5.11. The Morgan fingerprint density at radius 1 is 1.35 bits per heavy atom. The van der Waals surface area contributed by atoms with Gasteiger partial charge in [-0.05, 0) is 37.8 Å². The third-order valence-corrected chi connectivity index (χ3v) is 3.33. The van der Waals surface area contributed by atoms with Crippen molar-refractivity contribution in [3.8, 4) is 5.75 Å². The zero-order valence-corrected chi connectivity index (χ0v) is 12.5. The largest absolute Gasteiger partial charge is 0.492 e. The fourth-order valence-electron chi connectivity index (χ4n) is 1.91. The molecule has 1 fully saturated rings. The fraction of sp³-hybridized carbons (Fsp3) is 0.562. The molecule has 0 saturated heterocycles. The average molecular weight is 275 g/mol. The second-order valence-electron chi connectivity index (χ2n) is 5.22. The van der Waals surface area contributed by atoms with Gasteiger partial charge in [0.1, 0.15) is 12.4 Å². The summed E-state index contributed by atoms with van der Waals surface area (Å²) in [6, 6.07) is 9.92. The molecule has 20 heavy (non-hydrogen) atoms. The van der Waals surface area contributed by atoms with Crippen molar-refractivity contribution in [3.63, 3.8) is 0 Å². The lowest BCUT2D eigenvalue weighted by Crippen LogP contribution is -2.41. The molecule has 1 aromatic carbocycles. The predicted octanol–water partition coefficient (Wildman–Crippen LogP) is 2.37. The molecule has 0 radical (unpaired) electrons. The maximum atomic E-state index is 5.72. The van der Waals surface area contributed by atoms with E-state index >= 15 is 0 Å². The van der Waals surface area contributed by atoms with Gasteiger partial charge in [-0.3, -0.25) is 4.99 Å². The van der Waals surface area contributed by atoms with Gasteiger partial charge < -0.3 is 15.0 Å². The Bertz CT molecular complexity index is 415. The van der Waals surface area contributed by atoms with Gasteiger partial charge >= 0.3 is 0 Å². The summed E-state index contributed by atoms with van der Waals surface area (Å²) >= 11 is 0. The maximum absolute atomic E-state index is 5.72. The lowest BCUT2D eigenvalue weighted by molar-refractivity contribution is 0.281. The molecule has 0 bridgehead atoms. The van der Waals surface area contributed by atoms with Crippen molar-refractivity contribution in [2.45, 2.75) is 19.8 Å². The van der Waals surface area contributed by atoms with E-state index < -0.39 is 0 Å². The molecule has 4 nitrogen and oxygen atoms in total. The lowest BCUT2D eigenvalue weighted by Gasteiger charge is -2.22. The zero-order valence-electron chi connectivity index (χ0n) is 12.5. The van der Waals surface area contributed by atoms with E-state index in [0.717, 1.165) is 37.3 Å². The van der Waals surface area contributed by atoms with Crippen LogP contribution in [0.4, 0.5) is 0 Å². The number of rotatable bonds is 7. The van der Waals surface area contributed by atoms with Gasteiger partial charge in [-0.25, -0.2) is 0 Å². The minimum absolute atomic E-state index is 0.661. The minimum Gasteiger partial charge on any atom is -0.492 e. The minimum atomic E-state index is 0.661. The fourth-order valence-corrected chi connectivity index (χ4v) is 1.91. The zero-order chi connectivity index (χ0) is 14.2. The van der Waals surface area contributed by atoms with E-state index in [2.05, 4.69) is 29.2 Å². The van der Waals surface area contributed by atoms with Crippen LogP contribution in [0.2, 0.25) is 0 Å². The number of benzene rings is 1. The van der Waals surface area contributed by atoms with Crippen molar-refractivity contribution >= 4 is 5.96 Å². The van der Waals surface area contributed by atoms with Gasteiger partial charge in [0.2, 0.25) is 0 Å². The van der Waals surface area contributed by atoms with Gasteiger partial charge in [0.25, 0.3) is 0 Å².